The van der Waals surface area contributed by atoms with Crippen LogP contribution in [0, 0.1) is 0 Å². The van der Waals surface area contributed by atoms with Gasteiger partial charge in [0, 0.05) is 26.2 Å². The van der Waals surface area contributed by atoms with E-state index in [1.807, 2.05) is 20.8 Å². The zero-order valence-electron chi connectivity index (χ0n) is 12.8. The van der Waals surface area contributed by atoms with Crippen molar-refractivity contribution in [3.63, 3.8) is 0 Å². The number of hydrogen-bond acceptors (Lipinski definition) is 3. The highest BCUT2D eigenvalue weighted by molar-refractivity contribution is 5.80. The van der Waals surface area contributed by atoms with Crippen molar-refractivity contribution in [2.45, 2.75) is 45.3 Å². The maximum atomic E-state index is 11.4. The molecule has 0 radical (unpaired) electrons. The molecule has 0 unspecified atom stereocenters. The summed E-state index contributed by atoms with van der Waals surface area (Å²) >= 11 is 0. The Morgan fingerprint density at radius 2 is 1.85 bits per heavy atom. The molecular weight excluding hydrogens is 256 g/mol. The lowest BCUT2D eigenvalue weighted by molar-refractivity contribution is 0.0529. The van der Waals surface area contributed by atoms with E-state index in [0.717, 1.165) is 18.8 Å². The fourth-order valence-corrected chi connectivity index (χ4v) is 1.78. The molecule has 0 aromatic carbocycles. The SMILES string of the molecule is CN=C(NCCNC(=O)OC(C)(C)C)NC1CC=CC1. The van der Waals surface area contributed by atoms with Gasteiger partial charge in [0.2, 0.25) is 0 Å². The molecule has 0 heterocycles. The predicted molar refractivity (Wildman–Crippen MR) is 80.9 cm³/mol. The quantitative estimate of drug-likeness (QED) is 0.315. The van der Waals surface area contributed by atoms with Gasteiger partial charge in [-0.15, -0.1) is 0 Å². The smallest absolute Gasteiger partial charge is 0.407 e. The van der Waals surface area contributed by atoms with Gasteiger partial charge in [-0.05, 0) is 33.6 Å². The van der Waals surface area contributed by atoms with E-state index >= 15 is 0 Å². The van der Waals surface area contributed by atoms with Gasteiger partial charge >= 0.3 is 6.09 Å². The summed E-state index contributed by atoms with van der Waals surface area (Å²) in [6.45, 7) is 6.60. The minimum absolute atomic E-state index is 0.401. The predicted octanol–water partition coefficient (Wildman–Crippen LogP) is 1.39. The molecule has 0 spiro atoms. The van der Waals surface area contributed by atoms with Gasteiger partial charge in [-0.25, -0.2) is 4.79 Å². The van der Waals surface area contributed by atoms with Crippen LogP contribution < -0.4 is 16.0 Å². The molecule has 0 fully saturated rings. The molecule has 0 bridgehead atoms. The molecule has 1 rings (SSSR count). The van der Waals surface area contributed by atoms with Crippen molar-refractivity contribution in [3.05, 3.63) is 12.2 Å². The van der Waals surface area contributed by atoms with Gasteiger partial charge < -0.3 is 20.7 Å². The van der Waals surface area contributed by atoms with E-state index in [2.05, 4.69) is 33.1 Å². The second kappa shape index (κ2) is 7.77. The van der Waals surface area contributed by atoms with Crippen molar-refractivity contribution in [1.29, 1.82) is 0 Å². The number of hydrogen-bond donors (Lipinski definition) is 3. The van der Waals surface area contributed by atoms with Gasteiger partial charge in [0.1, 0.15) is 5.60 Å². The summed E-state index contributed by atoms with van der Waals surface area (Å²) in [5.41, 5.74) is -0.468. The van der Waals surface area contributed by atoms with E-state index in [1.54, 1.807) is 7.05 Å². The summed E-state index contributed by atoms with van der Waals surface area (Å²) < 4.78 is 5.15. The average Bonchev–Trinajstić information content (AvgIpc) is 2.83. The molecule has 20 heavy (non-hydrogen) atoms. The van der Waals surface area contributed by atoms with Crippen molar-refractivity contribution in [2.75, 3.05) is 20.1 Å². The molecule has 114 valence electrons. The number of amides is 1. The van der Waals surface area contributed by atoms with E-state index < -0.39 is 11.7 Å². The van der Waals surface area contributed by atoms with E-state index in [-0.39, 0.29) is 0 Å². The van der Waals surface area contributed by atoms with Crippen LogP contribution >= 0.6 is 0 Å². The van der Waals surface area contributed by atoms with E-state index in [9.17, 15) is 4.79 Å². The maximum absolute atomic E-state index is 11.4. The lowest BCUT2D eigenvalue weighted by Gasteiger charge is -2.20. The number of rotatable bonds is 4. The van der Waals surface area contributed by atoms with Gasteiger partial charge in [0.25, 0.3) is 0 Å². The van der Waals surface area contributed by atoms with Gasteiger partial charge in [0.15, 0.2) is 5.96 Å². The summed E-state index contributed by atoms with van der Waals surface area (Å²) in [6.07, 6.45) is 5.97. The number of nitrogens with zero attached hydrogens (tertiary/aromatic N) is 1. The van der Waals surface area contributed by atoms with Gasteiger partial charge in [-0.3, -0.25) is 4.99 Å². The van der Waals surface area contributed by atoms with E-state index in [4.69, 9.17) is 4.74 Å². The molecule has 0 aromatic heterocycles. The third-order valence-electron chi connectivity index (χ3n) is 2.66. The number of guanidine groups is 1. The molecule has 6 nitrogen and oxygen atoms in total. The molecule has 1 amide bonds. The summed E-state index contributed by atoms with van der Waals surface area (Å²) in [7, 11) is 1.74. The Hall–Kier alpha value is -1.72. The van der Waals surface area contributed by atoms with Crippen LogP contribution in [-0.4, -0.2) is 43.8 Å². The lowest BCUT2D eigenvalue weighted by atomic mass is 10.2. The highest BCUT2D eigenvalue weighted by Crippen LogP contribution is 2.08. The van der Waals surface area contributed by atoms with Crippen LogP contribution in [0.4, 0.5) is 4.79 Å². The van der Waals surface area contributed by atoms with Crippen LogP contribution in [0.2, 0.25) is 0 Å². The molecular formula is C14H26N4O2. The monoisotopic (exact) mass is 282 g/mol. The first-order chi connectivity index (χ1) is 9.40. The zero-order valence-corrected chi connectivity index (χ0v) is 12.8. The number of carbonyl (C=O) groups excluding carboxylic acids is 1. The fraction of sp³-hybridized carbons (Fsp3) is 0.714. The molecule has 0 aromatic rings. The van der Waals surface area contributed by atoms with Crippen molar-refractivity contribution < 1.29 is 9.53 Å². The fourth-order valence-electron chi connectivity index (χ4n) is 1.78. The molecule has 1 aliphatic carbocycles. The van der Waals surface area contributed by atoms with Gasteiger partial charge in [-0.2, -0.15) is 0 Å². The number of nitrogens with one attached hydrogen (secondary N) is 3. The standard InChI is InChI=1S/C14H26N4O2/c1-14(2,3)20-13(19)17-10-9-16-12(15-4)18-11-7-5-6-8-11/h5-6,11H,7-10H2,1-4H3,(H,17,19)(H2,15,16,18). The number of ether oxygens (including phenoxy) is 1. The lowest BCUT2D eigenvalue weighted by Crippen LogP contribution is -2.45. The molecule has 0 saturated carbocycles. The van der Waals surface area contributed by atoms with Crippen LogP contribution in [0.15, 0.2) is 17.1 Å². The van der Waals surface area contributed by atoms with Crippen molar-refractivity contribution in [3.8, 4) is 0 Å². The summed E-state index contributed by atoms with van der Waals surface area (Å²) in [4.78, 5) is 15.6. The molecule has 6 heteroatoms. The summed E-state index contributed by atoms with van der Waals surface area (Å²) in [5, 5.41) is 9.17. The molecule has 0 aliphatic heterocycles. The summed E-state index contributed by atoms with van der Waals surface area (Å²) in [6, 6.07) is 0.417. The molecule has 0 saturated heterocycles. The van der Waals surface area contributed by atoms with E-state index in [1.165, 1.54) is 0 Å². The second-order valence-corrected chi connectivity index (χ2v) is 5.71. The van der Waals surface area contributed by atoms with E-state index in [0.29, 0.717) is 19.1 Å². The Labute approximate surface area is 121 Å². The van der Waals surface area contributed by atoms with Crippen LogP contribution in [0.25, 0.3) is 0 Å². The Bertz CT molecular complexity index is 364. The van der Waals surface area contributed by atoms with Crippen LogP contribution in [0.5, 0.6) is 0 Å². The Morgan fingerprint density at radius 3 is 2.40 bits per heavy atom. The molecule has 1 aliphatic rings. The highest BCUT2D eigenvalue weighted by Gasteiger charge is 2.15. The van der Waals surface area contributed by atoms with Crippen molar-refractivity contribution in [2.24, 2.45) is 4.99 Å². The first kappa shape index (κ1) is 16.3. The normalized spacial score (nSPS) is 16.1. The minimum atomic E-state index is -0.468. The minimum Gasteiger partial charge on any atom is -0.444 e. The summed E-state index contributed by atoms with van der Waals surface area (Å²) in [5.74, 6) is 0.754. The Balaban J connectivity index is 2.14. The van der Waals surface area contributed by atoms with Crippen LogP contribution in [0.3, 0.4) is 0 Å². The van der Waals surface area contributed by atoms with Crippen molar-refractivity contribution >= 4 is 12.1 Å². The highest BCUT2D eigenvalue weighted by atomic mass is 16.6. The average molecular weight is 282 g/mol. The molecule has 3 N–H and O–H groups in total. The first-order valence-corrected chi connectivity index (χ1v) is 7.00. The van der Waals surface area contributed by atoms with Gasteiger partial charge in [-0.1, -0.05) is 12.2 Å². The largest absolute Gasteiger partial charge is 0.444 e. The van der Waals surface area contributed by atoms with Gasteiger partial charge in [0.05, 0.1) is 0 Å². The Morgan fingerprint density at radius 1 is 1.25 bits per heavy atom. The first-order valence-electron chi connectivity index (χ1n) is 7.00. The number of carbonyl (C=O) groups is 1. The number of alkyl carbamates (subject to hydrolysis) is 1. The topological polar surface area (TPSA) is 74.8 Å². The third-order valence-corrected chi connectivity index (χ3v) is 2.66. The zero-order chi connectivity index (χ0) is 15.0. The maximum Gasteiger partial charge on any atom is 0.407 e. The second-order valence-electron chi connectivity index (χ2n) is 5.71. The van der Waals surface area contributed by atoms with Crippen LogP contribution in [-0.2, 0) is 4.74 Å². The molecule has 0 atom stereocenters. The Kier molecular flexibility index (Phi) is 6.35. The van der Waals surface area contributed by atoms with Crippen LogP contribution in [0.1, 0.15) is 33.6 Å². The third kappa shape index (κ3) is 7.01. The van der Waals surface area contributed by atoms with Crippen molar-refractivity contribution in [1.82, 2.24) is 16.0 Å². The number of aliphatic imine (C=N–C) groups is 1.